The van der Waals surface area contributed by atoms with Gasteiger partial charge in [0.25, 0.3) is 10.0 Å². The van der Waals surface area contributed by atoms with Gasteiger partial charge in [0.2, 0.25) is 0 Å². The van der Waals surface area contributed by atoms with Gasteiger partial charge in [-0.3, -0.25) is 4.72 Å². The van der Waals surface area contributed by atoms with Gasteiger partial charge in [-0.25, -0.2) is 26.0 Å². The second kappa shape index (κ2) is 5.64. The van der Waals surface area contributed by atoms with Crippen LogP contribution >= 0.6 is 15.9 Å². The van der Waals surface area contributed by atoms with Crippen LogP contribution < -0.4 is 4.72 Å². The van der Waals surface area contributed by atoms with Gasteiger partial charge in [0.15, 0.2) is 11.6 Å². The topological polar surface area (TPSA) is 46.2 Å². The number of rotatable bonds is 3. The van der Waals surface area contributed by atoms with E-state index in [1.165, 1.54) is 0 Å². The maximum Gasteiger partial charge on any atom is 0.262 e. The molecule has 21 heavy (non-hydrogen) atoms. The van der Waals surface area contributed by atoms with E-state index >= 15 is 0 Å². The monoisotopic (exact) mass is 383 g/mol. The van der Waals surface area contributed by atoms with Crippen molar-refractivity contribution >= 4 is 31.6 Å². The second-order valence-corrected chi connectivity index (χ2v) is 6.46. The molecule has 0 aromatic heterocycles. The van der Waals surface area contributed by atoms with Crippen LogP contribution in [0.25, 0.3) is 0 Å². The summed E-state index contributed by atoms with van der Waals surface area (Å²) in [5.74, 6) is -4.90. The van der Waals surface area contributed by atoms with Crippen LogP contribution in [0.1, 0.15) is 0 Å². The maximum absolute atomic E-state index is 13.4. The van der Waals surface area contributed by atoms with Crippen molar-refractivity contribution in [3.8, 4) is 0 Å². The number of hydrogen-bond donors (Lipinski definition) is 1. The molecule has 1 N–H and O–H groups in total. The molecule has 0 spiro atoms. The minimum absolute atomic E-state index is 0.0283. The molecule has 0 radical (unpaired) electrons. The maximum atomic E-state index is 13.4. The number of benzene rings is 2. The molecular formula is C12H6BrF4NO2S. The Balaban J connectivity index is 2.44. The summed E-state index contributed by atoms with van der Waals surface area (Å²) in [5.41, 5.74) is -1.04. The van der Waals surface area contributed by atoms with Crippen molar-refractivity contribution in [2.45, 2.75) is 4.90 Å². The molecule has 112 valence electrons. The highest BCUT2D eigenvalue weighted by molar-refractivity contribution is 9.10. The zero-order valence-electron chi connectivity index (χ0n) is 10.0. The van der Waals surface area contributed by atoms with Gasteiger partial charge in [0.1, 0.15) is 17.3 Å². The fourth-order valence-electron chi connectivity index (χ4n) is 1.48. The Kier molecular flexibility index (Phi) is 4.24. The molecule has 2 aromatic carbocycles. The van der Waals surface area contributed by atoms with Crippen LogP contribution in [0.15, 0.2) is 39.7 Å². The molecule has 0 fully saturated rings. The van der Waals surface area contributed by atoms with E-state index in [4.69, 9.17) is 0 Å². The molecule has 2 aromatic rings. The van der Waals surface area contributed by atoms with Crippen LogP contribution in [0.2, 0.25) is 0 Å². The quantitative estimate of drug-likeness (QED) is 0.819. The van der Waals surface area contributed by atoms with Crippen molar-refractivity contribution in [2.75, 3.05) is 4.72 Å². The van der Waals surface area contributed by atoms with Crippen molar-refractivity contribution in [3.63, 3.8) is 0 Å². The van der Waals surface area contributed by atoms with Crippen LogP contribution in [0.3, 0.4) is 0 Å². The molecular weight excluding hydrogens is 378 g/mol. The van der Waals surface area contributed by atoms with E-state index in [9.17, 15) is 26.0 Å². The summed E-state index contributed by atoms with van der Waals surface area (Å²) >= 11 is 2.84. The molecule has 2 rings (SSSR count). The van der Waals surface area contributed by atoms with Gasteiger partial charge in [-0.05, 0) is 34.1 Å². The summed E-state index contributed by atoms with van der Waals surface area (Å²) in [6.45, 7) is 0. The first kappa shape index (κ1) is 15.8. The summed E-state index contributed by atoms with van der Waals surface area (Å²) < 4.78 is 78.4. The number of hydrogen-bond acceptors (Lipinski definition) is 2. The summed E-state index contributed by atoms with van der Waals surface area (Å²) in [6, 6.07) is 3.48. The molecule has 9 heteroatoms. The minimum Gasteiger partial charge on any atom is -0.274 e. The molecule has 0 aliphatic carbocycles. The Bertz CT molecular complexity index is 788. The van der Waals surface area contributed by atoms with Crippen LogP contribution in [-0.4, -0.2) is 8.42 Å². The highest BCUT2D eigenvalue weighted by Gasteiger charge is 2.21. The zero-order valence-corrected chi connectivity index (χ0v) is 12.4. The lowest BCUT2D eigenvalue weighted by molar-refractivity contribution is 0.547. The van der Waals surface area contributed by atoms with Gasteiger partial charge >= 0.3 is 0 Å². The number of anilines is 1. The number of halogens is 5. The molecule has 3 nitrogen and oxygen atoms in total. The molecule has 0 amide bonds. The van der Waals surface area contributed by atoms with Crippen molar-refractivity contribution in [1.29, 1.82) is 0 Å². The fraction of sp³-hybridized carbons (Fsp3) is 0. The highest BCUT2D eigenvalue weighted by atomic mass is 79.9. The van der Waals surface area contributed by atoms with Crippen molar-refractivity contribution < 1.29 is 26.0 Å². The molecule has 0 aliphatic rings. The van der Waals surface area contributed by atoms with Crippen LogP contribution in [-0.2, 0) is 10.0 Å². The summed E-state index contributed by atoms with van der Waals surface area (Å²) in [5, 5.41) is 0. The lowest BCUT2D eigenvalue weighted by Gasteiger charge is -2.10. The van der Waals surface area contributed by atoms with Crippen LogP contribution in [0.5, 0.6) is 0 Å². The Labute approximate surface area is 125 Å². The van der Waals surface area contributed by atoms with Crippen LogP contribution in [0, 0.1) is 23.3 Å². The lowest BCUT2D eigenvalue weighted by Crippen LogP contribution is -2.15. The Hall–Kier alpha value is -1.61. The van der Waals surface area contributed by atoms with Crippen molar-refractivity contribution in [1.82, 2.24) is 0 Å². The Morgan fingerprint density at radius 1 is 0.905 bits per heavy atom. The van der Waals surface area contributed by atoms with Gasteiger partial charge in [0, 0.05) is 12.1 Å². The molecule has 0 atom stereocenters. The Morgan fingerprint density at radius 3 is 2.00 bits per heavy atom. The predicted octanol–water partition coefficient (Wildman–Crippen LogP) is 3.81. The van der Waals surface area contributed by atoms with E-state index in [1.807, 2.05) is 0 Å². The van der Waals surface area contributed by atoms with E-state index in [1.54, 1.807) is 4.72 Å². The molecule has 0 aliphatic heterocycles. The number of nitrogens with one attached hydrogen (secondary N) is 1. The van der Waals surface area contributed by atoms with Gasteiger partial charge < -0.3 is 0 Å². The average molecular weight is 384 g/mol. The third kappa shape index (κ3) is 3.35. The summed E-state index contributed by atoms with van der Waals surface area (Å²) in [7, 11) is -4.42. The summed E-state index contributed by atoms with van der Waals surface area (Å²) in [6.07, 6.45) is 0. The second-order valence-electron chi connectivity index (χ2n) is 3.93. The fourth-order valence-corrected chi connectivity index (χ4v) is 2.81. The number of sulfonamides is 1. The zero-order chi connectivity index (χ0) is 15.8. The largest absolute Gasteiger partial charge is 0.274 e. The normalized spacial score (nSPS) is 11.5. The van der Waals surface area contributed by atoms with E-state index < -0.39 is 43.9 Å². The Morgan fingerprint density at radius 2 is 1.48 bits per heavy atom. The first-order valence-electron chi connectivity index (χ1n) is 5.33. The average Bonchev–Trinajstić information content (AvgIpc) is 2.37. The minimum atomic E-state index is -4.42. The smallest absolute Gasteiger partial charge is 0.262 e. The summed E-state index contributed by atoms with van der Waals surface area (Å²) in [4.78, 5) is -0.536. The van der Waals surface area contributed by atoms with E-state index in [0.717, 1.165) is 12.1 Å². The lowest BCUT2D eigenvalue weighted by atomic mass is 10.3. The van der Waals surface area contributed by atoms with E-state index in [2.05, 4.69) is 15.9 Å². The third-order valence-corrected chi connectivity index (χ3v) is 4.44. The van der Waals surface area contributed by atoms with Crippen LogP contribution in [0.4, 0.5) is 23.2 Å². The predicted molar refractivity (Wildman–Crippen MR) is 71.2 cm³/mol. The first-order valence-corrected chi connectivity index (χ1v) is 7.61. The molecule has 0 unspecified atom stereocenters. The van der Waals surface area contributed by atoms with Crippen molar-refractivity contribution in [2.24, 2.45) is 0 Å². The molecule has 0 saturated carbocycles. The molecule has 0 saturated heterocycles. The van der Waals surface area contributed by atoms with E-state index in [-0.39, 0.29) is 4.47 Å². The standard InChI is InChI=1S/C12H6BrF4NO2S/c13-8-2-1-7(5-9(8)15)21(19,20)18-12-10(16)3-6(14)4-11(12)17/h1-5,18H. The SMILES string of the molecule is O=S(=O)(Nc1c(F)cc(F)cc1F)c1ccc(Br)c(F)c1. The van der Waals surface area contributed by atoms with Crippen molar-refractivity contribution in [3.05, 3.63) is 58.1 Å². The molecule has 0 bridgehead atoms. The molecule has 0 heterocycles. The van der Waals surface area contributed by atoms with Gasteiger partial charge in [-0.1, -0.05) is 0 Å². The van der Waals surface area contributed by atoms with E-state index in [0.29, 0.717) is 18.2 Å². The first-order chi connectivity index (χ1) is 9.70. The third-order valence-electron chi connectivity index (χ3n) is 2.44. The highest BCUT2D eigenvalue weighted by Crippen LogP contribution is 2.25. The van der Waals surface area contributed by atoms with Gasteiger partial charge in [0.05, 0.1) is 9.37 Å². The van der Waals surface area contributed by atoms with Gasteiger partial charge in [-0.2, -0.15) is 0 Å². The van der Waals surface area contributed by atoms with Gasteiger partial charge in [-0.15, -0.1) is 0 Å².